The van der Waals surface area contributed by atoms with Crippen LogP contribution in [0.4, 0.5) is 0 Å². The van der Waals surface area contributed by atoms with Crippen molar-refractivity contribution >= 4 is 29.2 Å². The second kappa shape index (κ2) is 9.87. The van der Waals surface area contributed by atoms with Crippen LogP contribution in [0.2, 0.25) is 10.0 Å². The van der Waals surface area contributed by atoms with Crippen LogP contribution >= 0.6 is 23.2 Å². The van der Waals surface area contributed by atoms with Crippen LogP contribution in [-0.2, 0) is 14.3 Å². The van der Waals surface area contributed by atoms with Crippen LogP contribution in [0.1, 0.15) is 26.7 Å². The molecule has 0 saturated carbocycles. The van der Waals surface area contributed by atoms with Gasteiger partial charge in [0.15, 0.2) is 6.61 Å². The molecule has 0 saturated heterocycles. The van der Waals surface area contributed by atoms with E-state index in [0.29, 0.717) is 29.0 Å². The third-order valence-electron chi connectivity index (χ3n) is 2.57. The standard InChI is InChI=1S/C15H20Cl2O4/c1-3-4-7-19-9-11(2)21-15(18)10-20-14-6-5-12(16)8-13(14)17/h5-6,8,11H,3-4,7,9-10H2,1-2H3. The highest BCUT2D eigenvalue weighted by atomic mass is 35.5. The van der Waals surface area contributed by atoms with E-state index >= 15 is 0 Å². The minimum Gasteiger partial charge on any atom is -0.480 e. The molecule has 4 nitrogen and oxygen atoms in total. The summed E-state index contributed by atoms with van der Waals surface area (Å²) in [6.07, 6.45) is 1.77. The van der Waals surface area contributed by atoms with Gasteiger partial charge >= 0.3 is 5.97 Å². The number of benzene rings is 1. The van der Waals surface area contributed by atoms with Gasteiger partial charge in [-0.1, -0.05) is 36.5 Å². The van der Waals surface area contributed by atoms with E-state index in [1.807, 2.05) is 0 Å². The Balaban J connectivity index is 2.27. The van der Waals surface area contributed by atoms with E-state index < -0.39 is 5.97 Å². The van der Waals surface area contributed by atoms with Crippen molar-refractivity contribution in [2.75, 3.05) is 19.8 Å². The van der Waals surface area contributed by atoms with Crippen LogP contribution in [0.3, 0.4) is 0 Å². The molecule has 0 bridgehead atoms. The predicted octanol–water partition coefficient (Wildman–Crippen LogP) is 4.12. The third kappa shape index (κ3) is 7.55. The zero-order chi connectivity index (χ0) is 15.7. The van der Waals surface area contributed by atoms with Gasteiger partial charge in [0.05, 0.1) is 11.6 Å². The van der Waals surface area contributed by atoms with Crippen LogP contribution in [0.5, 0.6) is 5.75 Å². The number of rotatable bonds is 9. The fraction of sp³-hybridized carbons (Fsp3) is 0.533. The van der Waals surface area contributed by atoms with Gasteiger partial charge in [-0.2, -0.15) is 0 Å². The van der Waals surface area contributed by atoms with E-state index in [4.69, 9.17) is 37.4 Å². The van der Waals surface area contributed by atoms with E-state index in [9.17, 15) is 4.79 Å². The minimum absolute atomic E-state index is 0.208. The molecular weight excluding hydrogens is 315 g/mol. The van der Waals surface area contributed by atoms with Crippen molar-refractivity contribution in [2.24, 2.45) is 0 Å². The molecule has 0 radical (unpaired) electrons. The molecule has 1 rings (SSSR count). The summed E-state index contributed by atoms with van der Waals surface area (Å²) in [5.41, 5.74) is 0. The molecule has 0 amide bonds. The van der Waals surface area contributed by atoms with Gasteiger partial charge in [0, 0.05) is 11.6 Å². The number of carbonyl (C=O) groups is 1. The highest BCUT2D eigenvalue weighted by molar-refractivity contribution is 6.35. The summed E-state index contributed by atoms with van der Waals surface area (Å²) < 4.78 is 15.8. The molecular formula is C15H20Cl2O4. The quantitative estimate of drug-likeness (QED) is 0.503. The maximum absolute atomic E-state index is 11.6. The molecule has 1 atom stereocenters. The normalized spacial score (nSPS) is 12.0. The lowest BCUT2D eigenvalue weighted by atomic mass is 10.3. The van der Waals surface area contributed by atoms with Crippen LogP contribution in [0, 0.1) is 0 Å². The molecule has 118 valence electrons. The van der Waals surface area contributed by atoms with Gasteiger partial charge in [-0.15, -0.1) is 0 Å². The number of hydrogen-bond donors (Lipinski definition) is 0. The van der Waals surface area contributed by atoms with Crippen LogP contribution in [0.15, 0.2) is 18.2 Å². The second-order valence-corrected chi connectivity index (χ2v) is 5.44. The van der Waals surface area contributed by atoms with Crippen molar-refractivity contribution in [3.05, 3.63) is 28.2 Å². The Labute approximate surface area is 135 Å². The number of halogens is 2. The van der Waals surface area contributed by atoms with Crippen LogP contribution < -0.4 is 4.74 Å². The molecule has 0 heterocycles. The molecule has 1 aromatic rings. The summed E-state index contributed by atoms with van der Waals surface area (Å²) in [5.74, 6) is -0.0718. The van der Waals surface area contributed by atoms with E-state index in [0.717, 1.165) is 12.8 Å². The van der Waals surface area contributed by atoms with Gasteiger partial charge in [0.1, 0.15) is 11.9 Å². The number of esters is 1. The maximum Gasteiger partial charge on any atom is 0.344 e. The monoisotopic (exact) mass is 334 g/mol. The Kier molecular flexibility index (Phi) is 8.50. The van der Waals surface area contributed by atoms with Gasteiger partial charge in [-0.25, -0.2) is 4.79 Å². The minimum atomic E-state index is -0.465. The lowest BCUT2D eigenvalue weighted by Gasteiger charge is -2.14. The van der Waals surface area contributed by atoms with E-state index in [1.165, 1.54) is 0 Å². The first-order chi connectivity index (χ1) is 10.0. The van der Waals surface area contributed by atoms with E-state index in [-0.39, 0.29) is 12.7 Å². The molecule has 1 unspecified atom stereocenters. The number of carbonyl (C=O) groups excluding carboxylic acids is 1. The van der Waals surface area contributed by atoms with Gasteiger partial charge in [-0.05, 0) is 31.5 Å². The lowest BCUT2D eigenvalue weighted by Crippen LogP contribution is -2.24. The first kappa shape index (κ1) is 18.1. The SMILES string of the molecule is CCCCOCC(C)OC(=O)COc1ccc(Cl)cc1Cl. The zero-order valence-corrected chi connectivity index (χ0v) is 13.7. The van der Waals surface area contributed by atoms with Gasteiger partial charge in [0.2, 0.25) is 0 Å². The summed E-state index contributed by atoms with van der Waals surface area (Å²) in [6, 6.07) is 4.79. The Morgan fingerprint density at radius 2 is 2.10 bits per heavy atom. The van der Waals surface area contributed by atoms with Gasteiger partial charge in [0.25, 0.3) is 0 Å². The number of hydrogen-bond acceptors (Lipinski definition) is 4. The summed E-state index contributed by atoms with van der Waals surface area (Å²) in [7, 11) is 0. The largest absolute Gasteiger partial charge is 0.480 e. The Morgan fingerprint density at radius 3 is 2.76 bits per heavy atom. The Hall–Kier alpha value is -0.970. The van der Waals surface area contributed by atoms with E-state index in [1.54, 1.807) is 25.1 Å². The number of ether oxygens (including phenoxy) is 3. The van der Waals surface area contributed by atoms with Crippen LogP contribution in [-0.4, -0.2) is 31.9 Å². The summed E-state index contributed by atoms with van der Waals surface area (Å²) in [4.78, 5) is 11.6. The summed E-state index contributed by atoms with van der Waals surface area (Å²) >= 11 is 11.7. The average Bonchev–Trinajstić information content (AvgIpc) is 2.42. The molecule has 0 spiro atoms. The Bertz CT molecular complexity index is 451. The highest BCUT2D eigenvalue weighted by Gasteiger charge is 2.11. The van der Waals surface area contributed by atoms with Crippen molar-refractivity contribution in [3.63, 3.8) is 0 Å². The smallest absolute Gasteiger partial charge is 0.344 e. The van der Waals surface area contributed by atoms with Gasteiger partial charge in [-0.3, -0.25) is 0 Å². The highest BCUT2D eigenvalue weighted by Crippen LogP contribution is 2.27. The van der Waals surface area contributed by atoms with Crippen molar-refractivity contribution in [2.45, 2.75) is 32.8 Å². The molecule has 1 aromatic carbocycles. The average molecular weight is 335 g/mol. The first-order valence-electron chi connectivity index (χ1n) is 6.88. The van der Waals surface area contributed by atoms with E-state index in [2.05, 4.69) is 6.92 Å². The van der Waals surface area contributed by atoms with Gasteiger partial charge < -0.3 is 14.2 Å². The molecule has 6 heteroatoms. The molecule has 21 heavy (non-hydrogen) atoms. The molecule has 0 aliphatic rings. The topological polar surface area (TPSA) is 44.8 Å². The van der Waals surface area contributed by atoms with Crippen molar-refractivity contribution < 1.29 is 19.0 Å². The fourth-order valence-corrected chi connectivity index (χ4v) is 1.98. The zero-order valence-electron chi connectivity index (χ0n) is 12.2. The lowest BCUT2D eigenvalue weighted by molar-refractivity contribution is -0.153. The molecule has 0 fully saturated rings. The fourth-order valence-electron chi connectivity index (χ4n) is 1.52. The third-order valence-corrected chi connectivity index (χ3v) is 3.10. The number of unbranched alkanes of at least 4 members (excludes halogenated alkanes) is 1. The van der Waals surface area contributed by atoms with Crippen LogP contribution in [0.25, 0.3) is 0 Å². The molecule has 0 N–H and O–H groups in total. The maximum atomic E-state index is 11.6. The summed E-state index contributed by atoms with van der Waals surface area (Å²) in [5, 5.41) is 0.860. The van der Waals surface area contributed by atoms with Crippen molar-refractivity contribution in [3.8, 4) is 5.75 Å². The Morgan fingerprint density at radius 1 is 1.33 bits per heavy atom. The predicted molar refractivity (Wildman–Crippen MR) is 83.2 cm³/mol. The molecule has 0 aliphatic heterocycles. The van der Waals surface area contributed by atoms with Crippen molar-refractivity contribution in [1.82, 2.24) is 0 Å². The second-order valence-electron chi connectivity index (χ2n) is 4.59. The molecule has 0 aromatic heterocycles. The van der Waals surface area contributed by atoms with Crippen molar-refractivity contribution in [1.29, 1.82) is 0 Å². The first-order valence-corrected chi connectivity index (χ1v) is 7.63. The molecule has 0 aliphatic carbocycles. The summed E-state index contributed by atoms with van der Waals surface area (Å²) in [6.45, 7) is 4.72.